The van der Waals surface area contributed by atoms with Crippen LogP contribution < -0.4 is 5.32 Å². The van der Waals surface area contributed by atoms with Gasteiger partial charge in [0.15, 0.2) is 0 Å². The monoisotopic (exact) mass is 512 g/mol. The normalized spacial score (nSPS) is 17.5. The predicted octanol–water partition coefficient (Wildman–Crippen LogP) is 2.76. The molecule has 1 fully saturated rings. The van der Waals surface area contributed by atoms with Gasteiger partial charge in [-0.2, -0.15) is 17.5 Å². The maximum atomic E-state index is 13.4. The van der Waals surface area contributed by atoms with Gasteiger partial charge in [0.1, 0.15) is 11.7 Å². The second-order valence-corrected chi connectivity index (χ2v) is 10.5. The molecule has 2 aromatic rings. The number of alkyl halides is 3. The Hall–Kier alpha value is -2.99. The number of hydrogen-bond donors (Lipinski definition) is 1. The van der Waals surface area contributed by atoms with Crippen LogP contribution in [0.5, 0.6) is 0 Å². The first-order valence-electron chi connectivity index (χ1n) is 11.0. The van der Waals surface area contributed by atoms with E-state index >= 15 is 0 Å². The van der Waals surface area contributed by atoms with Crippen LogP contribution in [0, 0.1) is 0 Å². The largest absolute Gasteiger partial charge is 0.433 e. The van der Waals surface area contributed by atoms with E-state index in [-0.39, 0.29) is 42.9 Å². The molecule has 1 N–H and O–H groups in total. The first-order valence-corrected chi connectivity index (χ1v) is 12.4. The van der Waals surface area contributed by atoms with Crippen LogP contribution in [-0.2, 0) is 32.3 Å². The molecule has 1 atom stereocenters. The van der Waals surface area contributed by atoms with E-state index in [2.05, 4.69) is 10.3 Å². The predicted molar refractivity (Wildman–Crippen MR) is 122 cm³/mol. The number of amides is 2. The molecule has 0 saturated carbocycles. The summed E-state index contributed by atoms with van der Waals surface area (Å²) in [6.45, 7) is 5.05. The summed E-state index contributed by atoms with van der Waals surface area (Å²) in [5, 5.41) is 2.56. The first kappa shape index (κ1) is 26.6. The average Bonchev–Trinajstić information content (AvgIpc) is 2.81. The number of hydrogen-bond acceptors (Lipinski definition) is 5. The van der Waals surface area contributed by atoms with Crippen LogP contribution in [0.2, 0.25) is 0 Å². The molecule has 1 aliphatic heterocycles. The van der Waals surface area contributed by atoms with Crippen molar-refractivity contribution in [3.63, 3.8) is 0 Å². The van der Waals surface area contributed by atoms with E-state index < -0.39 is 33.8 Å². The van der Waals surface area contributed by atoms with Crippen LogP contribution in [0.25, 0.3) is 0 Å². The lowest BCUT2D eigenvalue weighted by Crippen LogP contribution is -2.61. The minimum absolute atomic E-state index is 0.0305. The van der Waals surface area contributed by atoms with Crippen molar-refractivity contribution < 1.29 is 31.2 Å². The van der Waals surface area contributed by atoms with E-state index in [0.29, 0.717) is 5.56 Å². The number of halogens is 3. The molecule has 2 heterocycles. The number of piperazine rings is 1. The Bertz CT molecular complexity index is 1170. The molecule has 35 heavy (non-hydrogen) atoms. The van der Waals surface area contributed by atoms with Gasteiger partial charge < -0.3 is 10.2 Å². The molecule has 1 aromatic heterocycles. The number of nitrogens with zero attached hydrogens (tertiary/aromatic N) is 3. The lowest BCUT2D eigenvalue weighted by molar-refractivity contribution is -0.141. The Kier molecular flexibility index (Phi) is 7.85. The maximum absolute atomic E-state index is 13.4. The standard InChI is InChI=1S/C23H27F3N4O4S/c1-15(2)18-5-7-19(8-6-18)35(33,34)30-11-10-29(16(3)31)14-20(30)22(32)28-13-17-4-9-21(27-12-17)23(24,25)26/h4-9,12,15,20H,10-11,13-14H2,1-3H3,(H,28,32). The summed E-state index contributed by atoms with van der Waals surface area (Å²) in [4.78, 5) is 29.7. The molecule has 1 unspecified atom stereocenters. The molecule has 1 saturated heterocycles. The molecule has 1 aromatic carbocycles. The Balaban J connectivity index is 1.80. The summed E-state index contributed by atoms with van der Waals surface area (Å²) >= 11 is 0. The fourth-order valence-corrected chi connectivity index (χ4v) is 5.29. The zero-order valence-corrected chi connectivity index (χ0v) is 20.4. The second kappa shape index (κ2) is 10.3. The number of benzene rings is 1. The fourth-order valence-electron chi connectivity index (χ4n) is 3.72. The molecular formula is C23H27F3N4O4S. The molecule has 0 bridgehead atoms. The van der Waals surface area contributed by atoms with Gasteiger partial charge in [0, 0.05) is 39.3 Å². The molecule has 2 amide bonds. The number of carbonyl (C=O) groups is 2. The average molecular weight is 513 g/mol. The van der Waals surface area contributed by atoms with E-state index in [9.17, 15) is 31.2 Å². The van der Waals surface area contributed by atoms with Crippen LogP contribution in [0.1, 0.15) is 43.5 Å². The van der Waals surface area contributed by atoms with Gasteiger partial charge in [-0.3, -0.25) is 14.6 Å². The molecule has 0 radical (unpaired) electrons. The van der Waals surface area contributed by atoms with E-state index in [1.54, 1.807) is 12.1 Å². The molecule has 3 rings (SSSR count). The van der Waals surface area contributed by atoms with E-state index in [4.69, 9.17) is 0 Å². The molecule has 1 aliphatic rings. The van der Waals surface area contributed by atoms with E-state index in [1.807, 2.05) is 13.8 Å². The number of nitrogens with one attached hydrogen (secondary N) is 1. The smallest absolute Gasteiger partial charge is 0.351 e. The number of sulfonamides is 1. The highest BCUT2D eigenvalue weighted by Gasteiger charge is 2.40. The first-order chi connectivity index (χ1) is 16.3. The van der Waals surface area contributed by atoms with Crippen LogP contribution in [0.3, 0.4) is 0 Å². The van der Waals surface area contributed by atoms with Gasteiger partial charge in [-0.1, -0.05) is 32.0 Å². The number of carbonyl (C=O) groups excluding carboxylic acids is 2. The van der Waals surface area contributed by atoms with Crippen molar-refractivity contribution >= 4 is 21.8 Å². The number of aromatic nitrogens is 1. The second-order valence-electron chi connectivity index (χ2n) is 8.59. The lowest BCUT2D eigenvalue weighted by atomic mass is 10.0. The van der Waals surface area contributed by atoms with E-state index in [0.717, 1.165) is 22.1 Å². The minimum atomic E-state index is -4.58. The summed E-state index contributed by atoms with van der Waals surface area (Å²) in [6.07, 6.45) is -3.58. The lowest BCUT2D eigenvalue weighted by Gasteiger charge is -2.39. The van der Waals surface area contributed by atoms with Crippen LogP contribution in [0.4, 0.5) is 13.2 Å². The van der Waals surface area contributed by atoms with Crippen molar-refractivity contribution in [2.24, 2.45) is 0 Å². The highest BCUT2D eigenvalue weighted by molar-refractivity contribution is 7.89. The van der Waals surface area contributed by atoms with Gasteiger partial charge in [-0.05, 0) is 35.2 Å². The number of rotatable bonds is 6. The molecule has 0 spiro atoms. The van der Waals surface area contributed by atoms with Gasteiger partial charge in [0.05, 0.1) is 4.90 Å². The third-order valence-electron chi connectivity index (χ3n) is 5.81. The minimum Gasteiger partial charge on any atom is -0.351 e. The summed E-state index contributed by atoms with van der Waals surface area (Å²) in [6, 6.07) is 7.20. The van der Waals surface area contributed by atoms with Crippen LogP contribution in [0.15, 0.2) is 47.5 Å². The van der Waals surface area contributed by atoms with Crippen molar-refractivity contribution in [3.8, 4) is 0 Å². The quantitative estimate of drug-likeness (QED) is 0.642. The molecule has 12 heteroatoms. The Morgan fingerprint density at radius 2 is 1.77 bits per heavy atom. The summed E-state index contributed by atoms with van der Waals surface area (Å²) in [7, 11) is -4.06. The van der Waals surface area contributed by atoms with Crippen molar-refractivity contribution in [3.05, 3.63) is 59.4 Å². The van der Waals surface area contributed by atoms with Gasteiger partial charge in [-0.25, -0.2) is 8.42 Å². The molecule has 190 valence electrons. The van der Waals surface area contributed by atoms with Crippen LogP contribution in [-0.4, -0.2) is 60.1 Å². The third-order valence-corrected chi connectivity index (χ3v) is 7.74. The summed E-state index contributed by atoms with van der Waals surface area (Å²) < 4.78 is 66.0. The van der Waals surface area contributed by atoms with Crippen molar-refractivity contribution in [2.45, 2.75) is 50.3 Å². The molecule has 0 aliphatic carbocycles. The molecular weight excluding hydrogens is 485 g/mol. The van der Waals surface area contributed by atoms with Gasteiger partial charge >= 0.3 is 6.18 Å². The Morgan fingerprint density at radius 1 is 1.11 bits per heavy atom. The third kappa shape index (κ3) is 6.17. The van der Waals surface area contributed by atoms with E-state index in [1.165, 1.54) is 30.0 Å². The summed E-state index contributed by atoms with van der Waals surface area (Å²) in [5.41, 5.74) is 0.215. The van der Waals surface area contributed by atoms with Crippen molar-refractivity contribution in [1.82, 2.24) is 19.5 Å². The van der Waals surface area contributed by atoms with Gasteiger partial charge in [0.2, 0.25) is 21.8 Å². The van der Waals surface area contributed by atoms with Gasteiger partial charge in [-0.15, -0.1) is 0 Å². The molecule has 8 nitrogen and oxygen atoms in total. The Labute approximate surface area is 202 Å². The fraction of sp³-hybridized carbons (Fsp3) is 0.435. The van der Waals surface area contributed by atoms with Crippen molar-refractivity contribution in [2.75, 3.05) is 19.6 Å². The SMILES string of the molecule is CC(=O)N1CCN(S(=O)(=O)c2ccc(C(C)C)cc2)C(C(=O)NCc2ccc(C(F)(F)F)nc2)C1. The Morgan fingerprint density at radius 3 is 2.29 bits per heavy atom. The summed E-state index contributed by atoms with van der Waals surface area (Å²) in [5.74, 6) is -0.754. The topological polar surface area (TPSA) is 99.7 Å². The van der Waals surface area contributed by atoms with Gasteiger partial charge in [0.25, 0.3) is 0 Å². The number of pyridine rings is 1. The maximum Gasteiger partial charge on any atom is 0.433 e. The van der Waals surface area contributed by atoms with Crippen LogP contribution >= 0.6 is 0 Å². The van der Waals surface area contributed by atoms with Crippen molar-refractivity contribution in [1.29, 1.82) is 0 Å². The zero-order chi connectivity index (χ0) is 26.0. The highest BCUT2D eigenvalue weighted by atomic mass is 32.2. The zero-order valence-electron chi connectivity index (χ0n) is 19.5. The highest BCUT2D eigenvalue weighted by Crippen LogP contribution is 2.27.